The molecule has 22 heteroatoms. The van der Waals surface area contributed by atoms with Crippen molar-refractivity contribution in [1.29, 1.82) is 0 Å². The maximum atomic E-state index is 13.5. The van der Waals surface area contributed by atoms with Crippen molar-refractivity contribution in [3.63, 3.8) is 0 Å². The number of nitrogens with zero attached hydrogens (tertiary/aromatic N) is 1. The fourth-order valence-electron chi connectivity index (χ4n) is 11.9. The van der Waals surface area contributed by atoms with E-state index in [0.29, 0.717) is 181 Å². The minimum atomic E-state index is -0.792. The molecule has 0 fully saturated rings. The van der Waals surface area contributed by atoms with Crippen molar-refractivity contribution >= 4 is 82.0 Å². The van der Waals surface area contributed by atoms with E-state index in [1.165, 1.54) is 4.90 Å². The smallest absolute Gasteiger partial charge is 0.223 e. The number of hydrogen-bond acceptors (Lipinski definition) is 14. The lowest BCUT2D eigenvalue weighted by molar-refractivity contribution is -0.139. The number of ketones is 6. The molecule has 0 aromatic rings. The zero-order valence-electron chi connectivity index (χ0n) is 74.8. The van der Waals surface area contributed by atoms with E-state index in [4.69, 9.17) is 0 Å². The molecule has 0 radical (unpaired) electrons. The van der Waals surface area contributed by atoms with E-state index >= 15 is 0 Å². The van der Waals surface area contributed by atoms with Crippen LogP contribution in [0.25, 0.3) is 0 Å². The van der Waals surface area contributed by atoms with Crippen molar-refractivity contribution in [2.24, 2.45) is 48.7 Å². The molecule has 0 heterocycles. The van der Waals surface area contributed by atoms with Gasteiger partial charge in [-0.25, -0.2) is 0 Å². The minimum Gasteiger partial charge on any atom is -0.356 e. The van der Waals surface area contributed by atoms with Crippen molar-refractivity contribution in [2.45, 2.75) is 379 Å². The van der Waals surface area contributed by atoms with Crippen molar-refractivity contribution in [1.82, 2.24) is 42.1 Å². The molecule has 0 bridgehead atoms. The van der Waals surface area contributed by atoms with Crippen molar-refractivity contribution in [3.05, 3.63) is 0 Å². The van der Waals surface area contributed by atoms with Crippen molar-refractivity contribution in [3.8, 4) is 0 Å². The van der Waals surface area contributed by atoms with Gasteiger partial charge in [0, 0.05) is 160 Å². The Hall–Kier alpha value is -6.22. The summed E-state index contributed by atoms with van der Waals surface area (Å²) in [5, 5.41) is 20.5. The molecule has 0 aliphatic rings. The topological polar surface area (TPSA) is 326 Å². The van der Waals surface area contributed by atoms with Gasteiger partial charge in [-0.15, -0.1) is 0 Å². The summed E-state index contributed by atoms with van der Waals surface area (Å²) in [5.74, 6) is -0.246. The summed E-state index contributed by atoms with van der Waals surface area (Å²) in [4.78, 5) is 175. The quantitative estimate of drug-likeness (QED) is 0.0279. The van der Waals surface area contributed by atoms with Gasteiger partial charge in [-0.05, 0) is 119 Å². The van der Waals surface area contributed by atoms with E-state index in [1.807, 2.05) is 166 Å². The fourth-order valence-corrected chi connectivity index (χ4v) is 11.9. The van der Waals surface area contributed by atoms with E-state index in [2.05, 4.69) is 58.0 Å². The Morgan fingerprint density at radius 3 is 0.700 bits per heavy atom. The lowest BCUT2D eigenvalue weighted by Crippen LogP contribution is -2.49. The highest BCUT2D eigenvalue weighted by atomic mass is 16.2. The van der Waals surface area contributed by atoms with Gasteiger partial charge in [-0.2, -0.15) is 0 Å². The summed E-state index contributed by atoms with van der Waals surface area (Å²) in [5.41, 5.74) is -1.75. The average Bonchev–Trinajstić information content (AvgIpc) is 0.844. The van der Waals surface area contributed by atoms with Crippen LogP contribution in [0.1, 0.15) is 373 Å². The molecule has 0 saturated heterocycles. The number of Topliss-reactive ketones (excluding diaryl/α,β-unsaturated/α-hetero) is 6. The molecule has 0 saturated carbocycles. The molecule has 0 aliphatic heterocycles. The number of carbonyl (C=O) groups is 14. The minimum absolute atomic E-state index is 0.0200. The van der Waals surface area contributed by atoms with E-state index in [1.54, 1.807) is 0 Å². The summed E-state index contributed by atoms with van der Waals surface area (Å²) < 4.78 is 0. The van der Waals surface area contributed by atoms with Gasteiger partial charge in [-0.3, -0.25) is 67.1 Å². The van der Waals surface area contributed by atoms with Crippen LogP contribution in [0.5, 0.6) is 0 Å². The van der Waals surface area contributed by atoms with Gasteiger partial charge in [0.25, 0.3) is 0 Å². The molecule has 0 aromatic heterocycles. The first-order valence-corrected chi connectivity index (χ1v) is 41.1. The molecule has 7 N–H and O–H groups in total. The maximum absolute atomic E-state index is 13.5. The van der Waals surface area contributed by atoms with Gasteiger partial charge < -0.3 is 42.1 Å². The third-order valence-corrected chi connectivity index (χ3v) is 16.6. The predicted octanol–water partition coefficient (Wildman–Crippen LogP) is 15.5. The van der Waals surface area contributed by atoms with Gasteiger partial charge in [0.1, 0.15) is 23.1 Å². The molecule has 8 amide bonds. The second kappa shape index (κ2) is 52.2. The Balaban J connectivity index is -0.00000179. The van der Waals surface area contributed by atoms with E-state index in [0.717, 1.165) is 6.42 Å². The molecular formula is C88H162N8O14. The average molecular weight is 1560 g/mol. The molecule has 110 heavy (non-hydrogen) atoms. The largest absolute Gasteiger partial charge is 0.356 e. The van der Waals surface area contributed by atoms with Gasteiger partial charge in [0.2, 0.25) is 47.3 Å². The van der Waals surface area contributed by atoms with Crippen LogP contribution in [0.3, 0.4) is 0 Å². The SMILES string of the molecule is CC(C)(C)CC(=O)CCCNC(=O)CC(C)(C)C.CC(C)(C)CC(=O)CCCNC(=O)CCCC(CCCC(=O)CCCNC(=O)CC(C)(C)C)(CCC(=O)CCCNC(=O)CC(C)(C)C)NC(=O)CC(C)(C)C.CC(C)(C)CC(=O)NCCCC(=O)CN(CC(=O)CCCNC(=O)CC(C)(C)C)C(=O)CC(C)(C)C. The summed E-state index contributed by atoms with van der Waals surface area (Å²) >= 11 is 0. The number of hydrogen-bond donors (Lipinski definition) is 7. The van der Waals surface area contributed by atoms with Crippen LogP contribution < -0.4 is 37.2 Å². The second-order valence-electron chi connectivity index (χ2n) is 41.9. The Morgan fingerprint density at radius 2 is 0.427 bits per heavy atom. The molecular weight excluding hydrogens is 1390 g/mol. The van der Waals surface area contributed by atoms with E-state index < -0.39 is 5.54 Å². The highest BCUT2D eigenvalue weighted by molar-refractivity contribution is 5.91. The first-order chi connectivity index (χ1) is 49.9. The zero-order valence-corrected chi connectivity index (χ0v) is 74.8. The van der Waals surface area contributed by atoms with Crippen LogP contribution in [-0.2, 0) is 67.1 Å². The monoisotopic (exact) mass is 1560 g/mol. The highest BCUT2D eigenvalue weighted by Gasteiger charge is 2.34. The summed E-state index contributed by atoms with van der Waals surface area (Å²) in [6.07, 6.45) is 12.3. The van der Waals surface area contributed by atoms with Crippen LogP contribution in [0.15, 0.2) is 0 Å². The molecule has 638 valence electrons. The normalized spacial score (nSPS) is 12.8. The summed E-state index contributed by atoms with van der Waals surface area (Å²) in [6, 6.07) is 0. The first kappa shape index (κ1) is 108. The van der Waals surface area contributed by atoms with E-state index in [9.17, 15) is 67.1 Å². The molecule has 0 spiro atoms. The number of rotatable bonds is 49. The molecule has 0 aliphatic carbocycles. The van der Waals surface area contributed by atoms with Gasteiger partial charge >= 0.3 is 0 Å². The van der Waals surface area contributed by atoms with Crippen LogP contribution >= 0.6 is 0 Å². The third kappa shape index (κ3) is 74.5. The van der Waals surface area contributed by atoms with Crippen LogP contribution in [0, 0.1) is 48.7 Å². The summed E-state index contributed by atoms with van der Waals surface area (Å²) in [7, 11) is 0. The molecule has 0 rings (SSSR count). The predicted molar refractivity (Wildman–Crippen MR) is 445 cm³/mol. The molecule has 22 nitrogen and oxygen atoms in total. The fraction of sp³-hybridized carbons (Fsp3) is 0.841. The standard InChI is InChI=1S/C45H82N4O7.C28H51N3O5.C15H29NO2/c1-41(2,3)30-36(52)21-17-27-46-37(53)22-14-25-45(49-40(56)33-44(10,11)12,26-23-35(51)20-16-29-48-39(55)32-43(7,8)9)24-13-18-34(50)19-15-28-47-38(54)31-42(4,5)6;1-26(2,3)16-23(34)29-14-10-12-21(32)19-31(25(36)18-28(7,8)9)20-22(33)13-11-15-30-24(35)17-27(4,5)6;1-14(2,3)10-12(17)8-7-9-16-13(18)11-15(4,5)6/h13-33H2,1-12H3,(H,46,53)(H,47,54)(H,48,55)(H,49,56);10-20H2,1-9H3,(H,29,34)(H,30,35);7-11H2,1-6H3,(H,16,18). The van der Waals surface area contributed by atoms with Crippen LogP contribution in [0.2, 0.25) is 0 Å². The molecule has 1 unspecified atom stereocenters. The highest BCUT2D eigenvalue weighted by Crippen LogP contribution is 2.31. The van der Waals surface area contributed by atoms with Crippen LogP contribution in [-0.4, -0.2) is 145 Å². The number of nitrogens with one attached hydrogen (secondary N) is 7. The lowest BCUT2D eigenvalue weighted by Gasteiger charge is -2.36. The van der Waals surface area contributed by atoms with Gasteiger partial charge in [0.05, 0.1) is 13.1 Å². The van der Waals surface area contributed by atoms with Gasteiger partial charge in [0.15, 0.2) is 11.6 Å². The first-order valence-electron chi connectivity index (χ1n) is 41.1. The van der Waals surface area contributed by atoms with Crippen molar-refractivity contribution < 1.29 is 67.1 Å². The van der Waals surface area contributed by atoms with Crippen LogP contribution in [0.4, 0.5) is 0 Å². The third-order valence-electron chi connectivity index (χ3n) is 16.6. The Morgan fingerprint density at radius 1 is 0.209 bits per heavy atom. The van der Waals surface area contributed by atoms with Crippen molar-refractivity contribution in [2.75, 3.05) is 52.4 Å². The molecule has 0 aromatic carbocycles. The summed E-state index contributed by atoms with van der Waals surface area (Å²) in [6.45, 7) is 56.6. The Labute approximate surface area is 667 Å². The Bertz CT molecular complexity index is 2720. The molecule has 1 atom stereocenters. The van der Waals surface area contributed by atoms with Gasteiger partial charge in [-0.1, -0.05) is 187 Å². The number of amides is 8. The Kier molecular flexibility index (Phi) is 51.2. The maximum Gasteiger partial charge on any atom is 0.223 e. The second-order valence-corrected chi connectivity index (χ2v) is 41.9. The van der Waals surface area contributed by atoms with E-state index in [-0.39, 0.29) is 182 Å². The zero-order chi connectivity index (χ0) is 85.8. The lowest BCUT2D eigenvalue weighted by atomic mass is 9.80. The number of carbonyl (C=O) groups excluding carboxylic acids is 14.